The van der Waals surface area contributed by atoms with Crippen LogP contribution >= 0.6 is 0 Å². The van der Waals surface area contributed by atoms with Crippen molar-refractivity contribution in [2.24, 2.45) is 11.8 Å². The number of terminal acetylenes is 1. The van der Waals surface area contributed by atoms with Crippen molar-refractivity contribution in [2.45, 2.75) is 0 Å². The Hall–Kier alpha value is -3.63. The number of hydrogen-bond acceptors (Lipinski definition) is 5. The quantitative estimate of drug-likeness (QED) is 0.591. The summed E-state index contributed by atoms with van der Waals surface area (Å²) in [7, 11) is 1.38. The minimum atomic E-state index is -0.571. The van der Waals surface area contributed by atoms with E-state index < -0.39 is 11.6 Å². The van der Waals surface area contributed by atoms with Crippen molar-refractivity contribution >= 4 is 5.82 Å². The maximum Gasteiger partial charge on any atom is 0.165 e. The molecule has 0 radical (unpaired) electrons. The molecule has 5 nitrogen and oxygen atoms in total. The topological polar surface area (TPSA) is 57.6 Å². The number of halogens is 2. The molecule has 2 saturated heterocycles. The molecule has 2 aliphatic heterocycles. The summed E-state index contributed by atoms with van der Waals surface area (Å²) in [5, 5.41) is 14.5. The van der Waals surface area contributed by atoms with Crippen LogP contribution < -0.4 is 15.0 Å². The van der Waals surface area contributed by atoms with Gasteiger partial charge in [0.25, 0.3) is 0 Å². The van der Waals surface area contributed by atoms with Gasteiger partial charge in [0.1, 0.15) is 17.4 Å². The molecule has 1 aromatic heterocycles. The van der Waals surface area contributed by atoms with Crippen molar-refractivity contribution < 1.29 is 18.6 Å². The third kappa shape index (κ3) is 3.77. The van der Waals surface area contributed by atoms with E-state index in [1.54, 1.807) is 18.2 Å². The highest BCUT2D eigenvalue weighted by Crippen LogP contribution is 2.42. The highest BCUT2D eigenvalue weighted by atomic mass is 19.1. The largest absolute Gasteiger partial charge is 0.507 e. The zero-order valence-corrected chi connectivity index (χ0v) is 18.1. The Kier molecular flexibility index (Phi) is 5.39. The van der Waals surface area contributed by atoms with Crippen LogP contribution in [-0.4, -0.2) is 43.4 Å². The number of hydrogen-bond donors (Lipinski definition) is 2. The fourth-order valence-corrected chi connectivity index (χ4v) is 4.82. The summed E-state index contributed by atoms with van der Waals surface area (Å²) in [5.41, 5.74) is 1.65. The molecular formula is C26H23F2N3O2. The molecule has 3 aromatic rings. The van der Waals surface area contributed by atoms with Gasteiger partial charge in [0, 0.05) is 37.8 Å². The zero-order valence-electron chi connectivity index (χ0n) is 18.1. The van der Waals surface area contributed by atoms with Crippen molar-refractivity contribution in [3.05, 3.63) is 59.7 Å². The van der Waals surface area contributed by atoms with Crippen LogP contribution in [0.5, 0.6) is 11.5 Å². The normalized spacial score (nSPS) is 19.4. The number of nitrogens with zero attached hydrogens (tertiary/aromatic N) is 2. The van der Waals surface area contributed by atoms with E-state index in [9.17, 15) is 13.9 Å². The van der Waals surface area contributed by atoms with Gasteiger partial charge in [-0.25, -0.2) is 13.8 Å². The van der Waals surface area contributed by atoms with Crippen molar-refractivity contribution in [3.8, 4) is 46.2 Å². The molecule has 5 rings (SSSR count). The van der Waals surface area contributed by atoms with Gasteiger partial charge in [-0.3, -0.25) is 0 Å². The second-order valence-corrected chi connectivity index (χ2v) is 8.49. The molecule has 0 aliphatic carbocycles. The molecule has 168 valence electrons. The summed E-state index contributed by atoms with van der Waals surface area (Å²) >= 11 is 0. The van der Waals surface area contributed by atoms with E-state index in [-0.39, 0.29) is 17.1 Å². The summed E-state index contributed by atoms with van der Waals surface area (Å²) in [4.78, 5) is 6.97. The Balaban J connectivity index is 1.66. The SMILES string of the molecule is C#Cc1ccc(-c2nc(N3CC4CNCC4C3)cc(O)c2-c2ccc(OC)c(F)c2)cc1F. The van der Waals surface area contributed by atoms with Gasteiger partial charge in [-0.15, -0.1) is 6.42 Å². The lowest BCUT2D eigenvalue weighted by Gasteiger charge is -2.22. The predicted octanol–water partition coefficient (Wildman–Crippen LogP) is 4.04. The number of aromatic hydroxyl groups is 1. The lowest BCUT2D eigenvalue weighted by Crippen LogP contribution is -2.26. The van der Waals surface area contributed by atoms with Gasteiger partial charge in [0.2, 0.25) is 0 Å². The van der Waals surface area contributed by atoms with Gasteiger partial charge in [0.15, 0.2) is 11.6 Å². The molecule has 2 N–H and O–H groups in total. The molecule has 2 aliphatic rings. The predicted molar refractivity (Wildman–Crippen MR) is 123 cm³/mol. The van der Waals surface area contributed by atoms with Crippen LogP contribution in [0.3, 0.4) is 0 Å². The molecule has 2 aromatic carbocycles. The first-order valence-corrected chi connectivity index (χ1v) is 10.8. The second kappa shape index (κ2) is 8.38. The highest BCUT2D eigenvalue weighted by molar-refractivity contribution is 5.87. The number of pyridine rings is 1. The second-order valence-electron chi connectivity index (χ2n) is 8.49. The van der Waals surface area contributed by atoms with Crippen molar-refractivity contribution in [1.29, 1.82) is 0 Å². The standard InChI is InChI=1S/C26H23F2N3O2/c1-3-15-4-5-17(9-20(15)27)26-25(16-6-7-23(33-2)21(28)8-16)22(32)10-24(30-26)31-13-18-11-29-12-19(18)14-31/h1,4-10,18-19,29H,11-14H2,2H3,(H,30,32). The van der Waals surface area contributed by atoms with Gasteiger partial charge < -0.3 is 20.1 Å². The van der Waals surface area contributed by atoms with Crippen LogP contribution in [0.1, 0.15) is 5.56 Å². The lowest BCUT2D eigenvalue weighted by atomic mass is 9.97. The maximum atomic E-state index is 14.6. The number of methoxy groups -OCH3 is 1. The molecule has 2 atom stereocenters. The monoisotopic (exact) mass is 447 g/mol. The highest BCUT2D eigenvalue weighted by Gasteiger charge is 2.37. The molecule has 3 heterocycles. The minimum Gasteiger partial charge on any atom is -0.507 e. The summed E-state index contributed by atoms with van der Waals surface area (Å²) < 4.78 is 34.1. The smallest absolute Gasteiger partial charge is 0.165 e. The molecule has 7 heteroatoms. The van der Waals surface area contributed by atoms with E-state index in [2.05, 4.69) is 16.1 Å². The summed E-state index contributed by atoms with van der Waals surface area (Å²) in [6.45, 7) is 3.57. The summed E-state index contributed by atoms with van der Waals surface area (Å²) in [5.74, 6) is 2.87. The Morgan fingerprint density at radius 1 is 1.06 bits per heavy atom. The first-order chi connectivity index (χ1) is 16.0. The number of nitrogens with one attached hydrogen (secondary N) is 1. The number of ether oxygens (including phenoxy) is 1. The molecule has 0 spiro atoms. The number of benzene rings is 2. The molecule has 0 saturated carbocycles. The fraction of sp³-hybridized carbons (Fsp3) is 0.269. The van der Waals surface area contributed by atoms with E-state index in [4.69, 9.17) is 16.1 Å². The average molecular weight is 447 g/mol. The lowest BCUT2D eigenvalue weighted by molar-refractivity contribution is 0.386. The number of anilines is 1. The maximum absolute atomic E-state index is 14.6. The number of fused-ring (bicyclic) bond motifs is 1. The summed E-state index contributed by atoms with van der Waals surface area (Å²) in [6, 6.07) is 10.5. The molecule has 0 bridgehead atoms. The van der Waals surface area contributed by atoms with Crippen LogP contribution in [0.2, 0.25) is 0 Å². The molecule has 2 fully saturated rings. The van der Waals surface area contributed by atoms with Gasteiger partial charge in [-0.1, -0.05) is 18.1 Å². The van der Waals surface area contributed by atoms with Crippen LogP contribution in [0.4, 0.5) is 14.6 Å². The Morgan fingerprint density at radius 3 is 2.39 bits per heavy atom. The third-order valence-electron chi connectivity index (χ3n) is 6.54. The van der Waals surface area contributed by atoms with E-state index in [1.807, 2.05) is 0 Å². The number of rotatable bonds is 4. The van der Waals surface area contributed by atoms with Crippen LogP contribution in [0.25, 0.3) is 22.4 Å². The van der Waals surface area contributed by atoms with Crippen LogP contribution in [0, 0.1) is 35.8 Å². The zero-order chi connectivity index (χ0) is 23.1. The Bertz CT molecular complexity index is 1260. The van der Waals surface area contributed by atoms with Gasteiger partial charge in [-0.05, 0) is 41.7 Å². The first-order valence-electron chi connectivity index (χ1n) is 10.8. The van der Waals surface area contributed by atoms with Crippen LogP contribution in [-0.2, 0) is 0 Å². The van der Waals surface area contributed by atoms with Gasteiger partial charge in [0.05, 0.1) is 23.9 Å². The van der Waals surface area contributed by atoms with Gasteiger partial charge in [-0.2, -0.15) is 0 Å². The van der Waals surface area contributed by atoms with Crippen molar-refractivity contribution in [1.82, 2.24) is 10.3 Å². The molecule has 0 amide bonds. The van der Waals surface area contributed by atoms with E-state index in [1.165, 1.54) is 31.4 Å². The molecular weight excluding hydrogens is 424 g/mol. The summed E-state index contributed by atoms with van der Waals surface area (Å²) in [6.07, 6.45) is 5.37. The van der Waals surface area contributed by atoms with Gasteiger partial charge >= 0.3 is 0 Å². The van der Waals surface area contributed by atoms with E-state index >= 15 is 0 Å². The van der Waals surface area contributed by atoms with Crippen LogP contribution in [0.15, 0.2) is 42.5 Å². The first kappa shape index (κ1) is 21.2. The Labute approximate surface area is 191 Å². The van der Waals surface area contributed by atoms with E-state index in [0.717, 1.165) is 26.2 Å². The Morgan fingerprint density at radius 2 is 1.76 bits per heavy atom. The molecule has 33 heavy (non-hydrogen) atoms. The fourth-order valence-electron chi connectivity index (χ4n) is 4.82. The number of aromatic nitrogens is 1. The minimum absolute atomic E-state index is 0.0591. The van der Waals surface area contributed by atoms with Crippen molar-refractivity contribution in [3.63, 3.8) is 0 Å². The third-order valence-corrected chi connectivity index (χ3v) is 6.54. The molecule has 2 unspecified atom stereocenters. The average Bonchev–Trinajstić information content (AvgIpc) is 3.41. The van der Waals surface area contributed by atoms with E-state index in [0.29, 0.717) is 40.0 Å². The van der Waals surface area contributed by atoms with Crippen molar-refractivity contribution in [2.75, 3.05) is 38.2 Å².